The summed E-state index contributed by atoms with van der Waals surface area (Å²) in [7, 11) is 0. The summed E-state index contributed by atoms with van der Waals surface area (Å²) < 4.78 is 5.57. The van der Waals surface area contributed by atoms with Gasteiger partial charge in [-0.3, -0.25) is 0 Å². The lowest BCUT2D eigenvalue weighted by Crippen LogP contribution is -2.30. The van der Waals surface area contributed by atoms with Crippen LogP contribution in [0, 0.1) is 5.92 Å². The first-order valence-corrected chi connectivity index (χ1v) is 5.70. The average molecular weight is 206 g/mol. The third-order valence-electron chi connectivity index (χ3n) is 2.81. The van der Waals surface area contributed by atoms with Crippen molar-refractivity contribution >= 4 is 0 Å². The summed E-state index contributed by atoms with van der Waals surface area (Å²) in [5.74, 6) is 1.52. The van der Waals surface area contributed by atoms with Crippen LogP contribution in [-0.2, 0) is 0 Å². The Morgan fingerprint density at radius 1 is 1.47 bits per heavy atom. The van der Waals surface area contributed by atoms with Crippen molar-refractivity contribution < 1.29 is 4.74 Å². The van der Waals surface area contributed by atoms with Crippen molar-refractivity contribution in [3.05, 3.63) is 24.4 Å². The SMILES string of the molecule is c1ccc(OCCC2CCCNC2)nc1. The van der Waals surface area contributed by atoms with E-state index in [4.69, 9.17) is 4.74 Å². The van der Waals surface area contributed by atoms with Crippen molar-refractivity contribution in [2.45, 2.75) is 19.3 Å². The second-order valence-electron chi connectivity index (χ2n) is 4.02. The molecule has 0 bridgehead atoms. The zero-order chi connectivity index (χ0) is 10.3. The summed E-state index contributed by atoms with van der Waals surface area (Å²) in [5, 5.41) is 3.41. The van der Waals surface area contributed by atoms with E-state index in [2.05, 4.69) is 10.3 Å². The van der Waals surface area contributed by atoms with Gasteiger partial charge < -0.3 is 10.1 Å². The molecule has 0 aromatic carbocycles. The molecule has 1 aromatic rings. The Balaban J connectivity index is 1.66. The maximum absolute atomic E-state index is 5.57. The van der Waals surface area contributed by atoms with Crippen molar-refractivity contribution in [2.24, 2.45) is 5.92 Å². The van der Waals surface area contributed by atoms with Crippen molar-refractivity contribution in [3.63, 3.8) is 0 Å². The zero-order valence-corrected chi connectivity index (χ0v) is 8.98. The van der Waals surface area contributed by atoms with E-state index < -0.39 is 0 Å². The van der Waals surface area contributed by atoms with Gasteiger partial charge in [0.2, 0.25) is 5.88 Å². The van der Waals surface area contributed by atoms with Crippen LogP contribution in [-0.4, -0.2) is 24.7 Å². The fraction of sp³-hybridized carbons (Fsp3) is 0.583. The van der Waals surface area contributed by atoms with Gasteiger partial charge >= 0.3 is 0 Å². The predicted octanol–water partition coefficient (Wildman–Crippen LogP) is 1.85. The third-order valence-corrected chi connectivity index (χ3v) is 2.81. The predicted molar refractivity (Wildman–Crippen MR) is 59.9 cm³/mol. The van der Waals surface area contributed by atoms with E-state index in [1.807, 2.05) is 18.2 Å². The van der Waals surface area contributed by atoms with Gasteiger partial charge in [0, 0.05) is 12.3 Å². The highest BCUT2D eigenvalue weighted by Crippen LogP contribution is 2.14. The molecule has 2 rings (SSSR count). The molecule has 0 aliphatic carbocycles. The lowest BCUT2D eigenvalue weighted by Gasteiger charge is -2.22. The highest BCUT2D eigenvalue weighted by Gasteiger charge is 2.12. The van der Waals surface area contributed by atoms with E-state index in [9.17, 15) is 0 Å². The number of rotatable bonds is 4. The fourth-order valence-electron chi connectivity index (χ4n) is 1.93. The normalized spacial score (nSPS) is 21.2. The van der Waals surface area contributed by atoms with E-state index in [-0.39, 0.29) is 0 Å². The third kappa shape index (κ3) is 3.51. The van der Waals surface area contributed by atoms with E-state index in [0.29, 0.717) is 0 Å². The first kappa shape index (κ1) is 10.4. The number of aromatic nitrogens is 1. The monoisotopic (exact) mass is 206 g/mol. The molecule has 1 aliphatic heterocycles. The van der Waals surface area contributed by atoms with E-state index >= 15 is 0 Å². The minimum atomic E-state index is 0.737. The molecule has 1 N–H and O–H groups in total. The molecule has 0 radical (unpaired) electrons. The molecule has 82 valence electrons. The second kappa shape index (κ2) is 5.71. The Labute approximate surface area is 90.9 Å². The molecule has 3 heteroatoms. The highest BCUT2D eigenvalue weighted by atomic mass is 16.5. The summed E-state index contributed by atoms with van der Waals surface area (Å²) in [6, 6.07) is 5.75. The second-order valence-corrected chi connectivity index (χ2v) is 4.02. The molecule has 1 atom stereocenters. The Morgan fingerprint density at radius 3 is 3.20 bits per heavy atom. The number of hydrogen-bond acceptors (Lipinski definition) is 3. The minimum Gasteiger partial charge on any atom is -0.478 e. The molecule has 1 fully saturated rings. The first-order chi connectivity index (χ1) is 7.45. The average Bonchev–Trinajstić information content (AvgIpc) is 2.32. The number of ether oxygens (including phenoxy) is 1. The quantitative estimate of drug-likeness (QED) is 0.816. The van der Waals surface area contributed by atoms with Crippen molar-refractivity contribution in [1.29, 1.82) is 0 Å². The largest absolute Gasteiger partial charge is 0.478 e. The Hall–Kier alpha value is -1.09. The van der Waals surface area contributed by atoms with Crippen LogP contribution in [0.3, 0.4) is 0 Å². The van der Waals surface area contributed by atoms with Crippen LogP contribution >= 0.6 is 0 Å². The molecule has 1 aliphatic rings. The lowest BCUT2D eigenvalue weighted by atomic mass is 9.97. The van der Waals surface area contributed by atoms with Gasteiger partial charge in [-0.2, -0.15) is 0 Å². The number of piperidine rings is 1. The smallest absolute Gasteiger partial charge is 0.213 e. The summed E-state index contributed by atoms with van der Waals surface area (Å²) in [5.41, 5.74) is 0. The molecule has 0 amide bonds. The van der Waals surface area contributed by atoms with E-state index in [0.717, 1.165) is 31.4 Å². The summed E-state index contributed by atoms with van der Waals surface area (Å²) in [6.45, 7) is 3.10. The fourth-order valence-corrected chi connectivity index (χ4v) is 1.93. The number of hydrogen-bond donors (Lipinski definition) is 1. The van der Waals surface area contributed by atoms with Crippen LogP contribution in [0.1, 0.15) is 19.3 Å². The highest BCUT2D eigenvalue weighted by molar-refractivity contribution is 5.08. The van der Waals surface area contributed by atoms with Crippen molar-refractivity contribution in [3.8, 4) is 5.88 Å². The molecule has 15 heavy (non-hydrogen) atoms. The summed E-state index contributed by atoms with van der Waals surface area (Å²) in [4.78, 5) is 4.12. The van der Waals surface area contributed by atoms with Crippen molar-refractivity contribution in [2.75, 3.05) is 19.7 Å². The van der Waals surface area contributed by atoms with E-state index in [1.165, 1.54) is 19.4 Å². The van der Waals surface area contributed by atoms with Gasteiger partial charge in [-0.15, -0.1) is 0 Å². The molecular formula is C12H18N2O. The molecule has 1 saturated heterocycles. The molecule has 0 saturated carbocycles. The van der Waals surface area contributed by atoms with Crippen LogP contribution in [0.2, 0.25) is 0 Å². The molecule has 2 heterocycles. The summed E-state index contributed by atoms with van der Waals surface area (Å²) >= 11 is 0. The van der Waals surface area contributed by atoms with Crippen LogP contribution in [0.25, 0.3) is 0 Å². The molecule has 3 nitrogen and oxygen atoms in total. The van der Waals surface area contributed by atoms with Crippen LogP contribution in [0.15, 0.2) is 24.4 Å². The first-order valence-electron chi connectivity index (χ1n) is 5.70. The van der Waals surface area contributed by atoms with Crippen LogP contribution in [0.5, 0.6) is 5.88 Å². The molecule has 1 unspecified atom stereocenters. The van der Waals surface area contributed by atoms with Gasteiger partial charge in [-0.1, -0.05) is 6.07 Å². The Kier molecular flexibility index (Phi) is 3.97. The molecule has 0 spiro atoms. The zero-order valence-electron chi connectivity index (χ0n) is 8.98. The Bertz CT molecular complexity index is 270. The lowest BCUT2D eigenvalue weighted by molar-refractivity contribution is 0.247. The number of nitrogens with one attached hydrogen (secondary N) is 1. The number of pyridine rings is 1. The topological polar surface area (TPSA) is 34.1 Å². The molecule has 1 aromatic heterocycles. The van der Waals surface area contributed by atoms with Gasteiger partial charge in [0.1, 0.15) is 0 Å². The summed E-state index contributed by atoms with van der Waals surface area (Å²) in [6.07, 6.45) is 5.52. The minimum absolute atomic E-state index is 0.737. The Morgan fingerprint density at radius 2 is 2.47 bits per heavy atom. The number of nitrogens with zero attached hydrogens (tertiary/aromatic N) is 1. The van der Waals surface area contributed by atoms with Crippen LogP contribution in [0.4, 0.5) is 0 Å². The molecular weight excluding hydrogens is 188 g/mol. The van der Waals surface area contributed by atoms with Crippen LogP contribution < -0.4 is 10.1 Å². The van der Waals surface area contributed by atoms with Gasteiger partial charge in [0.05, 0.1) is 6.61 Å². The van der Waals surface area contributed by atoms with E-state index in [1.54, 1.807) is 6.20 Å². The van der Waals surface area contributed by atoms with Crippen molar-refractivity contribution in [1.82, 2.24) is 10.3 Å². The van der Waals surface area contributed by atoms with Gasteiger partial charge in [-0.05, 0) is 44.3 Å². The maximum atomic E-state index is 5.57. The maximum Gasteiger partial charge on any atom is 0.213 e. The van der Waals surface area contributed by atoms with Gasteiger partial charge in [-0.25, -0.2) is 4.98 Å². The van der Waals surface area contributed by atoms with Gasteiger partial charge in [0.25, 0.3) is 0 Å². The standard InChI is InChI=1S/C12H18N2O/c1-2-8-14-12(5-1)15-9-6-11-4-3-7-13-10-11/h1-2,5,8,11,13H,3-4,6-7,9-10H2. The van der Waals surface area contributed by atoms with Gasteiger partial charge in [0.15, 0.2) is 0 Å².